The van der Waals surface area contributed by atoms with Crippen LogP contribution in [0.5, 0.6) is 0 Å². The maximum absolute atomic E-state index is 13.0. The van der Waals surface area contributed by atoms with Gasteiger partial charge < -0.3 is 0 Å². The SMILES string of the molecule is CCCc1sc(NC(=O)c2ccccc2SCC)nc1-c1ccc(-c2ccccc2)cc1. The lowest BCUT2D eigenvalue weighted by Crippen LogP contribution is -2.12. The Morgan fingerprint density at radius 2 is 1.53 bits per heavy atom. The van der Waals surface area contributed by atoms with Crippen LogP contribution in [0.4, 0.5) is 5.13 Å². The second-order valence-corrected chi connectivity index (χ2v) is 9.76. The van der Waals surface area contributed by atoms with Crippen LogP contribution in [0.3, 0.4) is 0 Å². The maximum Gasteiger partial charge on any atom is 0.258 e. The summed E-state index contributed by atoms with van der Waals surface area (Å²) in [5.74, 6) is 0.815. The first kappa shape index (κ1) is 22.3. The van der Waals surface area contributed by atoms with E-state index in [1.165, 1.54) is 16.0 Å². The van der Waals surface area contributed by atoms with Crippen molar-refractivity contribution in [2.24, 2.45) is 0 Å². The summed E-state index contributed by atoms with van der Waals surface area (Å²) in [6.07, 6.45) is 1.96. The minimum absolute atomic E-state index is 0.107. The van der Waals surface area contributed by atoms with Crippen molar-refractivity contribution in [3.8, 4) is 22.4 Å². The van der Waals surface area contributed by atoms with Gasteiger partial charge in [0.05, 0.1) is 11.3 Å². The van der Waals surface area contributed by atoms with Crippen molar-refractivity contribution in [1.29, 1.82) is 0 Å². The highest BCUT2D eigenvalue weighted by atomic mass is 32.2. The van der Waals surface area contributed by atoms with E-state index < -0.39 is 0 Å². The summed E-state index contributed by atoms with van der Waals surface area (Å²) >= 11 is 3.25. The van der Waals surface area contributed by atoms with Gasteiger partial charge in [-0.25, -0.2) is 4.98 Å². The topological polar surface area (TPSA) is 42.0 Å². The van der Waals surface area contributed by atoms with E-state index in [9.17, 15) is 4.79 Å². The standard InChI is InChI=1S/C27H26N2OS2/c1-3-10-24-25(21-17-15-20(16-18-21)19-11-6-5-7-12-19)28-27(32-24)29-26(30)22-13-8-9-14-23(22)31-4-2/h5-9,11-18H,3-4,10H2,1-2H3,(H,28,29,30). The minimum Gasteiger partial charge on any atom is -0.298 e. The number of benzene rings is 3. The van der Waals surface area contributed by atoms with Gasteiger partial charge in [-0.05, 0) is 35.4 Å². The molecule has 1 amide bonds. The lowest BCUT2D eigenvalue weighted by Gasteiger charge is -2.07. The van der Waals surface area contributed by atoms with Crippen molar-refractivity contribution in [3.05, 3.63) is 89.3 Å². The zero-order chi connectivity index (χ0) is 22.3. The second kappa shape index (κ2) is 10.6. The van der Waals surface area contributed by atoms with Crippen LogP contribution in [0.2, 0.25) is 0 Å². The predicted molar refractivity (Wildman–Crippen MR) is 138 cm³/mol. The van der Waals surface area contributed by atoms with Crippen molar-refractivity contribution in [2.45, 2.75) is 31.6 Å². The molecule has 0 fully saturated rings. The summed E-state index contributed by atoms with van der Waals surface area (Å²) < 4.78 is 0. The van der Waals surface area contributed by atoms with Crippen molar-refractivity contribution < 1.29 is 4.79 Å². The number of thiazole rings is 1. The maximum atomic E-state index is 13.0. The van der Waals surface area contributed by atoms with E-state index >= 15 is 0 Å². The first-order valence-electron chi connectivity index (χ1n) is 10.9. The molecule has 1 heterocycles. The van der Waals surface area contributed by atoms with Gasteiger partial charge in [-0.3, -0.25) is 10.1 Å². The van der Waals surface area contributed by atoms with Crippen molar-refractivity contribution in [3.63, 3.8) is 0 Å². The average molecular weight is 459 g/mol. The number of amides is 1. The van der Waals surface area contributed by atoms with Crippen LogP contribution in [-0.4, -0.2) is 16.6 Å². The zero-order valence-electron chi connectivity index (χ0n) is 18.3. The Kier molecular flexibility index (Phi) is 7.40. The average Bonchev–Trinajstić information content (AvgIpc) is 3.22. The van der Waals surface area contributed by atoms with Gasteiger partial charge in [0.1, 0.15) is 0 Å². The number of nitrogens with zero attached hydrogens (tertiary/aromatic N) is 1. The molecule has 162 valence electrons. The van der Waals surface area contributed by atoms with Gasteiger partial charge in [0.25, 0.3) is 5.91 Å². The molecular weight excluding hydrogens is 432 g/mol. The molecule has 0 bridgehead atoms. The molecular formula is C27H26N2OS2. The van der Waals surface area contributed by atoms with Crippen LogP contribution < -0.4 is 5.32 Å². The number of anilines is 1. The summed E-state index contributed by atoms with van der Waals surface area (Å²) in [4.78, 5) is 20.0. The molecule has 5 heteroatoms. The summed E-state index contributed by atoms with van der Waals surface area (Å²) in [5, 5.41) is 3.69. The van der Waals surface area contributed by atoms with E-state index in [0.717, 1.165) is 34.7 Å². The summed E-state index contributed by atoms with van der Waals surface area (Å²) in [6.45, 7) is 4.25. The molecule has 0 saturated carbocycles. The van der Waals surface area contributed by atoms with Crippen LogP contribution in [0.15, 0.2) is 83.8 Å². The molecule has 32 heavy (non-hydrogen) atoms. The van der Waals surface area contributed by atoms with Crippen molar-refractivity contribution in [1.82, 2.24) is 4.98 Å². The van der Waals surface area contributed by atoms with Gasteiger partial charge in [-0.2, -0.15) is 0 Å². The van der Waals surface area contributed by atoms with E-state index in [1.807, 2.05) is 30.3 Å². The molecule has 0 radical (unpaired) electrons. The highest BCUT2D eigenvalue weighted by Gasteiger charge is 2.17. The first-order chi connectivity index (χ1) is 15.7. The Bertz CT molecular complexity index is 1180. The van der Waals surface area contributed by atoms with E-state index in [0.29, 0.717) is 10.7 Å². The van der Waals surface area contributed by atoms with Gasteiger partial charge in [0.15, 0.2) is 5.13 Å². The molecule has 3 aromatic carbocycles. The Morgan fingerprint density at radius 3 is 2.25 bits per heavy atom. The van der Waals surface area contributed by atoms with Crippen LogP contribution >= 0.6 is 23.1 Å². The van der Waals surface area contributed by atoms with Crippen LogP contribution in [0.25, 0.3) is 22.4 Å². The quantitative estimate of drug-likeness (QED) is 0.274. The fourth-order valence-corrected chi connectivity index (χ4v) is 5.46. The minimum atomic E-state index is -0.107. The number of hydrogen-bond acceptors (Lipinski definition) is 4. The third kappa shape index (κ3) is 5.12. The molecule has 0 spiro atoms. The summed E-state index contributed by atoms with van der Waals surface area (Å²) in [6, 6.07) is 26.6. The number of thioether (sulfide) groups is 1. The van der Waals surface area contributed by atoms with E-state index in [4.69, 9.17) is 4.98 Å². The lowest BCUT2D eigenvalue weighted by molar-refractivity contribution is 0.102. The highest BCUT2D eigenvalue weighted by Crippen LogP contribution is 2.34. The van der Waals surface area contributed by atoms with E-state index in [-0.39, 0.29) is 5.91 Å². The molecule has 1 N–H and O–H groups in total. The van der Waals surface area contributed by atoms with Gasteiger partial charge in [-0.1, -0.05) is 87.0 Å². The molecule has 1 aromatic heterocycles. The van der Waals surface area contributed by atoms with Crippen LogP contribution in [-0.2, 0) is 6.42 Å². The largest absolute Gasteiger partial charge is 0.298 e. The molecule has 0 aliphatic carbocycles. The lowest BCUT2D eigenvalue weighted by atomic mass is 10.0. The Hall–Kier alpha value is -2.89. The normalized spacial score (nSPS) is 10.8. The van der Waals surface area contributed by atoms with E-state index in [1.54, 1.807) is 23.1 Å². The zero-order valence-corrected chi connectivity index (χ0v) is 19.9. The Morgan fingerprint density at radius 1 is 0.875 bits per heavy atom. The molecule has 0 aliphatic heterocycles. The van der Waals surface area contributed by atoms with Gasteiger partial charge in [-0.15, -0.1) is 23.1 Å². The van der Waals surface area contributed by atoms with Crippen LogP contribution in [0, 0.1) is 0 Å². The smallest absolute Gasteiger partial charge is 0.258 e. The summed E-state index contributed by atoms with van der Waals surface area (Å²) in [5.41, 5.74) is 5.11. The third-order valence-corrected chi connectivity index (χ3v) is 7.08. The number of aryl methyl sites for hydroxylation is 1. The fourth-order valence-electron chi connectivity index (χ4n) is 3.58. The second-order valence-electron chi connectivity index (χ2n) is 7.37. The predicted octanol–water partition coefficient (Wildman–Crippen LogP) is 7.79. The number of rotatable bonds is 8. The molecule has 0 saturated heterocycles. The highest BCUT2D eigenvalue weighted by molar-refractivity contribution is 7.99. The van der Waals surface area contributed by atoms with Crippen molar-refractivity contribution in [2.75, 3.05) is 11.1 Å². The van der Waals surface area contributed by atoms with Gasteiger partial charge >= 0.3 is 0 Å². The van der Waals surface area contributed by atoms with Crippen molar-refractivity contribution >= 4 is 34.1 Å². The summed E-state index contributed by atoms with van der Waals surface area (Å²) in [7, 11) is 0. The van der Waals surface area contributed by atoms with Crippen LogP contribution in [0.1, 0.15) is 35.5 Å². The van der Waals surface area contributed by atoms with Gasteiger partial charge in [0.2, 0.25) is 0 Å². The third-order valence-electron chi connectivity index (χ3n) is 5.09. The molecule has 4 rings (SSSR count). The first-order valence-corrected chi connectivity index (χ1v) is 12.7. The number of nitrogens with one attached hydrogen (secondary N) is 1. The molecule has 0 unspecified atom stereocenters. The Balaban J connectivity index is 1.60. The molecule has 0 aliphatic rings. The number of aromatic nitrogens is 1. The number of carbonyl (C=O) groups excluding carboxylic acids is 1. The molecule has 0 atom stereocenters. The number of carbonyl (C=O) groups is 1. The monoisotopic (exact) mass is 458 g/mol. The molecule has 4 aromatic rings. The van der Waals surface area contributed by atoms with E-state index in [2.05, 4.69) is 67.7 Å². The number of hydrogen-bond donors (Lipinski definition) is 1. The molecule has 3 nitrogen and oxygen atoms in total. The Labute approximate surface area is 197 Å². The fraction of sp³-hybridized carbons (Fsp3) is 0.185. The van der Waals surface area contributed by atoms with Gasteiger partial charge in [0, 0.05) is 15.3 Å².